The Morgan fingerprint density at radius 2 is 1.85 bits per heavy atom. The second-order valence-corrected chi connectivity index (χ2v) is 6.88. The van der Waals surface area contributed by atoms with Gasteiger partial charge in [0.25, 0.3) is 0 Å². The zero-order valence-electron chi connectivity index (χ0n) is 13.9. The average molecular weight is 362 g/mol. The molecule has 2 atom stereocenters. The molecule has 5 heteroatoms. The molecule has 0 bridgehead atoms. The highest BCUT2D eigenvalue weighted by molar-refractivity contribution is 6.30. The lowest BCUT2D eigenvalue weighted by atomic mass is 9.96. The largest absolute Gasteiger partial charge is 0.464 e. The van der Waals surface area contributed by atoms with Crippen LogP contribution in [0.3, 0.4) is 0 Å². The quantitative estimate of drug-likeness (QED) is 0.646. The van der Waals surface area contributed by atoms with Crippen LogP contribution in [0.4, 0.5) is 0 Å². The van der Waals surface area contributed by atoms with Gasteiger partial charge in [0.2, 0.25) is 6.23 Å². The molecular weight excluding hydrogens is 346 g/mol. The number of pyridine rings is 1. The van der Waals surface area contributed by atoms with Crippen LogP contribution >= 0.6 is 11.6 Å². The number of nitrogens with zero attached hydrogens (tertiary/aromatic N) is 3. The van der Waals surface area contributed by atoms with Crippen molar-refractivity contribution in [1.29, 1.82) is 0 Å². The Kier molecular flexibility index (Phi) is 3.64. The molecule has 2 aromatic carbocycles. The van der Waals surface area contributed by atoms with Crippen LogP contribution in [0.25, 0.3) is 0 Å². The van der Waals surface area contributed by atoms with Crippen molar-refractivity contribution in [3.05, 3.63) is 94.8 Å². The molecule has 0 N–H and O–H groups in total. The smallest absolute Gasteiger partial charge is 0.215 e. The van der Waals surface area contributed by atoms with Crippen LogP contribution in [0.2, 0.25) is 5.02 Å². The lowest BCUT2D eigenvalue weighted by Gasteiger charge is -2.38. The van der Waals surface area contributed by atoms with Crippen LogP contribution in [-0.2, 0) is 0 Å². The first-order valence-corrected chi connectivity index (χ1v) is 8.95. The van der Waals surface area contributed by atoms with Gasteiger partial charge in [-0.1, -0.05) is 48.0 Å². The van der Waals surface area contributed by atoms with E-state index in [1.54, 1.807) is 6.20 Å². The lowest BCUT2D eigenvalue weighted by molar-refractivity contribution is -0.0192. The van der Waals surface area contributed by atoms with E-state index in [-0.39, 0.29) is 12.3 Å². The standard InChI is InChI=1S/C21H16ClN3O/c22-16-9-7-14(8-10-16)18-12-19-17-5-1-2-6-20(17)26-21(25(19)24-18)15-4-3-11-23-13-15/h1-11,13,19,21H,12H2/t19-,21+/m0/s1. The molecule has 1 aromatic heterocycles. The van der Waals surface area contributed by atoms with Crippen LogP contribution < -0.4 is 4.74 Å². The monoisotopic (exact) mass is 361 g/mol. The normalized spacial score (nSPS) is 20.8. The Morgan fingerprint density at radius 1 is 1.00 bits per heavy atom. The molecule has 3 heterocycles. The second-order valence-electron chi connectivity index (χ2n) is 6.45. The fraction of sp³-hybridized carbons (Fsp3) is 0.143. The number of fused-ring (bicyclic) bond motifs is 3. The third-order valence-electron chi connectivity index (χ3n) is 4.85. The predicted octanol–water partition coefficient (Wildman–Crippen LogP) is 4.98. The minimum atomic E-state index is -0.284. The molecule has 4 nitrogen and oxygen atoms in total. The van der Waals surface area contributed by atoms with E-state index in [0.29, 0.717) is 0 Å². The van der Waals surface area contributed by atoms with Gasteiger partial charge in [0.1, 0.15) is 5.75 Å². The first-order valence-electron chi connectivity index (χ1n) is 8.57. The van der Waals surface area contributed by atoms with Crippen LogP contribution in [-0.4, -0.2) is 15.7 Å². The van der Waals surface area contributed by atoms with Gasteiger partial charge in [0.05, 0.1) is 11.8 Å². The maximum Gasteiger partial charge on any atom is 0.215 e. The highest BCUT2D eigenvalue weighted by atomic mass is 35.5. The van der Waals surface area contributed by atoms with Crippen molar-refractivity contribution < 1.29 is 4.74 Å². The molecule has 0 spiro atoms. The summed E-state index contributed by atoms with van der Waals surface area (Å²) in [6, 6.07) is 20.1. The molecule has 0 saturated carbocycles. The Morgan fingerprint density at radius 3 is 2.65 bits per heavy atom. The van der Waals surface area contributed by atoms with E-state index in [9.17, 15) is 0 Å². The molecule has 0 unspecified atom stereocenters. The Labute approximate surface area is 156 Å². The number of halogens is 1. The zero-order valence-corrected chi connectivity index (χ0v) is 14.7. The summed E-state index contributed by atoms with van der Waals surface area (Å²) in [7, 11) is 0. The number of rotatable bonds is 2. The van der Waals surface area contributed by atoms with E-state index >= 15 is 0 Å². The van der Waals surface area contributed by atoms with Crippen molar-refractivity contribution >= 4 is 17.3 Å². The Hall–Kier alpha value is -2.85. The van der Waals surface area contributed by atoms with Crippen molar-refractivity contribution in [3.63, 3.8) is 0 Å². The number of aromatic nitrogens is 1. The van der Waals surface area contributed by atoms with Gasteiger partial charge in [-0.2, -0.15) is 5.10 Å². The number of para-hydroxylation sites is 1. The van der Waals surface area contributed by atoms with E-state index in [2.05, 4.69) is 16.1 Å². The van der Waals surface area contributed by atoms with Gasteiger partial charge in [-0.15, -0.1) is 0 Å². The molecule has 2 aliphatic heterocycles. The molecule has 0 aliphatic carbocycles. The second kappa shape index (κ2) is 6.15. The van der Waals surface area contributed by atoms with Crippen molar-refractivity contribution in [3.8, 4) is 5.75 Å². The van der Waals surface area contributed by atoms with Gasteiger partial charge in [-0.3, -0.25) is 4.98 Å². The lowest BCUT2D eigenvalue weighted by Crippen LogP contribution is -2.33. The SMILES string of the molecule is Clc1ccc(C2=NN3[C@@H](c4cccnc4)Oc4ccccc4[C@@H]3C2)cc1. The summed E-state index contributed by atoms with van der Waals surface area (Å²) in [4.78, 5) is 4.25. The van der Waals surface area contributed by atoms with Gasteiger partial charge >= 0.3 is 0 Å². The molecule has 5 rings (SSSR count). The minimum Gasteiger partial charge on any atom is -0.464 e. The molecular formula is C21H16ClN3O. The molecule has 3 aromatic rings. The highest BCUT2D eigenvalue weighted by Crippen LogP contribution is 2.47. The molecule has 0 saturated heterocycles. The molecule has 0 amide bonds. The Bertz CT molecular complexity index is 972. The van der Waals surface area contributed by atoms with Crippen LogP contribution in [0, 0.1) is 0 Å². The molecule has 26 heavy (non-hydrogen) atoms. The minimum absolute atomic E-state index is 0.149. The third-order valence-corrected chi connectivity index (χ3v) is 5.10. The van der Waals surface area contributed by atoms with Crippen LogP contribution in [0.1, 0.15) is 35.4 Å². The number of hydrogen-bond acceptors (Lipinski definition) is 4. The summed E-state index contributed by atoms with van der Waals surface area (Å²) >= 11 is 6.03. The number of benzene rings is 2. The molecule has 0 radical (unpaired) electrons. The van der Waals surface area contributed by atoms with E-state index in [0.717, 1.165) is 34.0 Å². The average Bonchev–Trinajstić information content (AvgIpc) is 3.14. The summed E-state index contributed by atoms with van der Waals surface area (Å²) in [5, 5.41) is 7.71. The first kappa shape index (κ1) is 15.4. The predicted molar refractivity (Wildman–Crippen MR) is 101 cm³/mol. The highest BCUT2D eigenvalue weighted by Gasteiger charge is 2.40. The van der Waals surface area contributed by atoms with Gasteiger partial charge in [-0.25, -0.2) is 5.01 Å². The van der Waals surface area contributed by atoms with Crippen LogP contribution in [0.15, 0.2) is 78.2 Å². The molecule has 2 aliphatic rings. The third kappa shape index (κ3) is 2.54. The van der Waals surface area contributed by atoms with E-state index in [1.807, 2.05) is 60.8 Å². The number of hydrogen-bond donors (Lipinski definition) is 0. The van der Waals surface area contributed by atoms with E-state index in [1.165, 1.54) is 5.56 Å². The molecule has 0 fully saturated rings. The summed E-state index contributed by atoms with van der Waals surface area (Å²) in [5.41, 5.74) is 4.29. The topological polar surface area (TPSA) is 37.7 Å². The van der Waals surface area contributed by atoms with Crippen molar-refractivity contribution in [2.75, 3.05) is 0 Å². The number of ether oxygens (including phenoxy) is 1. The van der Waals surface area contributed by atoms with Gasteiger partial charge in [-0.05, 0) is 29.8 Å². The first-order chi connectivity index (χ1) is 12.8. The van der Waals surface area contributed by atoms with Crippen molar-refractivity contribution in [2.24, 2.45) is 5.10 Å². The Balaban J connectivity index is 1.59. The fourth-order valence-electron chi connectivity index (χ4n) is 3.59. The van der Waals surface area contributed by atoms with Crippen LogP contribution in [0.5, 0.6) is 5.75 Å². The maximum atomic E-state index is 6.29. The molecule has 128 valence electrons. The van der Waals surface area contributed by atoms with Gasteiger partial charge in [0.15, 0.2) is 0 Å². The zero-order chi connectivity index (χ0) is 17.5. The van der Waals surface area contributed by atoms with E-state index < -0.39 is 0 Å². The summed E-state index contributed by atoms with van der Waals surface area (Å²) in [5.74, 6) is 0.912. The summed E-state index contributed by atoms with van der Waals surface area (Å²) < 4.78 is 6.29. The maximum absolute atomic E-state index is 6.29. The van der Waals surface area contributed by atoms with Crippen molar-refractivity contribution in [2.45, 2.75) is 18.7 Å². The fourth-order valence-corrected chi connectivity index (χ4v) is 3.72. The van der Waals surface area contributed by atoms with E-state index in [4.69, 9.17) is 21.4 Å². The number of hydrazone groups is 1. The van der Waals surface area contributed by atoms with Gasteiger partial charge < -0.3 is 4.74 Å². The van der Waals surface area contributed by atoms with Crippen molar-refractivity contribution in [1.82, 2.24) is 9.99 Å². The summed E-state index contributed by atoms with van der Waals surface area (Å²) in [6.45, 7) is 0. The van der Waals surface area contributed by atoms with Gasteiger partial charge in [0, 0.05) is 35.0 Å². The summed E-state index contributed by atoms with van der Waals surface area (Å²) in [6.07, 6.45) is 4.15.